The summed E-state index contributed by atoms with van der Waals surface area (Å²) in [5, 5.41) is 5.41. The van der Waals surface area contributed by atoms with E-state index in [2.05, 4.69) is 10.3 Å². The van der Waals surface area contributed by atoms with Gasteiger partial charge < -0.3 is 5.32 Å². The Kier molecular flexibility index (Phi) is 3.01. The number of carbonyl (C=O) groups excluding carboxylic acids is 1. The van der Waals surface area contributed by atoms with E-state index in [-0.39, 0.29) is 0 Å². The third-order valence-electron chi connectivity index (χ3n) is 1.23. The molecule has 0 aliphatic rings. The number of nitrogens with one attached hydrogen (secondary N) is 2. The smallest absolute Gasteiger partial charge is 0.329 e. The molecule has 0 atom stereocenters. The van der Waals surface area contributed by atoms with Crippen molar-refractivity contribution in [2.45, 2.75) is 13.5 Å². The summed E-state index contributed by atoms with van der Waals surface area (Å²) in [5.41, 5.74) is 2.82. The van der Waals surface area contributed by atoms with Crippen molar-refractivity contribution < 1.29 is 4.79 Å². The summed E-state index contributed by atoms with van der Waals surface area (Å²) in [6, 6.07) is -0.402. The van der Waals surface area contributed by atoms with Gasteiger partial charge in [0, 0.05) is 5.38 Å². The summed E-state index contributed by atoms with van der Waals surface area (Å²) < 4.78 is 0. The molecule has 1 aromatic rings. The van der Waals surface area contributed by atoms with Crippen molar-refractivity contribution in [3.05, 3.63) is 16.1 Å². The zero-order valence-electron chi connectivity index (χ0n) is 6.63. The summed E-state index contributed by atoms with van der Waals surface area (Å²) in [4.78, 5) is 14.8. The van der Waals surface area contributed by atoms with Gasteiger partial charge in [0.2, 0.25) is 0 Å². The number of aryl methyl sites for hydroxylation is 1. The van der Waals surface area contributed by atoms with Gasteiger partial charge in [-0.2, -0.15) is 0 Å². The van der Waals surface area contributed by atoms with Gasteiger partial charge in [-0.25, -0.2) is 15.6 Å². The lowest BCUT2D eigenvalue weighted by Crippen LogP contribution is -2.39. The molecular weight excluding hydrogens is 176 g/mol. The largest absolute Gasteiger partial charge is 0.331 e. The summed E-state index contributed by atoms with van der Waals surface area (Å²) >= 11 is 1.55. The maximum Gasteiger partial charge on any atom is 0.329 e. The lowest BCUT2D eigenvalue weighted by atomic mass is 10.5. The standard InChI is InChI=1S/C6H10N4OS/c1-4-9-5(3-12-4)2-8-6(11)10-7/h3H,2,7H2,1H3,(H2,8,10,11). The first-order valence-electron chi connectivity index (χ1n) is 3.38. The van der Waals surface area contributed by atoms with Gasteiger partial charge in [-0.05, 0) is 6.92 Å². The fourth-order valence-corrected chi connectivity index (χ4v) is 1.32. The van der Waals surface area contributed by atoms with Crippen LogP contribution in [0.2, 0.25) is 0 Å². The van der Waals surface area contributed by atoms with E-state index < -0.39 is 6.03 Å². The Hall–Kier alpha value is -1.14. The van der Waals surface area contributed by atoms with Gasteiger partial charge in [0.25, 0.3) is 0 Å². The molecule has 4 N–H and O–H groups in total. The first kappa shape index (κ1) is 8.95. The molecule has 0 saturated heterocycles. The van der Waals surface area contributed by atoms with Crippen LogP contribution in [0.15, 0.2) is 5.38 Å². The Labute approximate surface area is 74.0 Å². The Balaban J connectivity index is 2.38. The zero-order chi connectivity index (χ0) is 8.97. The van der Waals surface area contributed by atoms with Crippen molar-refractivity contribution in [3.63, 3.8) is 0 Å². The van der Waals surface area contributed by atoms with E-state index in [9.17, 15) is 4.79 Å². The molecule has 6 heteroatoms. The first-order chi connectivity index (χ1) is 5.72. The Bertz CT molecular complexity index is 272. The number of thiazole rings is 1. The molecule has 0 aromatic carbocycles. The average Bonchev–Trinajstić information content (AvgIpc) is 2.47. The van der Waals surface area contributed by atoms with Gasteiger partial charge in [-0.15, -0.1) is 11.3 Å². The molecule has 0 radical (unpaired) electrons. The summed E-state index contributed by atoms with van der Waals surface area (Å²) in [5.74, 6) is 4.86. The highest BCUT2D eigenvalue weighted by Gasteiger charge is 1.99. The third kappa shape index (κ3) is 2.48. The number of aromatic nitrogens is 1. The van der Waals surface area contributed by atoms with E-state index in [0.717, 1.165) is 10.7 Å². The van der Waals surface area contributed by atoms with Crippen molar-refractivity contribution in [1.29, 1.82) is 0 Å². The van der Waals surface area contributed by atoms with Gasteiger partial charge in [-0.3, -0.25) is 5.43 Å². The van der Waals surface area contributed by atoms with E-state index in [4.69, 9.17) is 5.84 Å². The van der Waals surface area contributed by atoms with Gasteiger partial charge in [0.05, 0.1) is 17.2 Å². The van der Waals surface area contributed by atoms with Gasteiger partial charge >= 0.3 is 6.03 Å². The molecule has 0 aliphatic heterocycles. The van der Waals surface area contributed by atoms with Crippen molar-refractivity contribution in [1.82, 2.24) is 15.7 Å². The lowest BCUT2D eigenvalue weighted by molar-refractivity contribution is 0.240. The predicted molar refractivity (Wildman–Crippen MR) is 46.4 cm³/mol. The average molecular weight is 186 g/mol. The molecular formula is C6H10N4OS. The summed E-state index contributed by atoms with van der Waals surface area (Å²) in [6.45, 7) is 2.32. The highest BCUT2D eigenvalue weighted by atomic mass is 32.1. The molecule has 1 aromatic heterocycles. The number of hydrogen-bond donors (Lipinski definition) is 3. The number of nitrogens with zero attached hydrogens (tertiary/aromatic N) is 1. The molecule has 1 heterocycles. The second kappa shape index (κ2) is 4.03. The van der Waals surface area contributed by atoms with E-state index >= 15 is 0 Å². The van der Waals surface area contributed by atoms with Crippen molar-refractivity contribution in [2.24, 2.45) is 5.84 Å². The van der Waals surface area contributed by atoms with Gasteiger partial charge in [-0.1, -0.05) is 0 Å². The van der Waals surface area contributed by atoms with Gasteiger partial charge in [0.15, 0.2) is 0 Å². The van der Waals surface area contributed by atoms with E-state index in [0.29, 0.717) is 6.54 Å². The van der Waals surface area contributed by atoms with E-state index in [1.807, 2.05) is 17.7 Å². The Morgan fingerprint density at radius 2 is 2.58 bits per heavy atom. The molecule has 0 bridgehead atoms. The molecule has 12 heavy (non-hydrogen) atoms. The highest BCUT2D eigenvalue weighted by molar-refractivity contribution is 7.09. The van der Waals surface area contributed by atoms with Crippen molar-refractivity contribution in [3.8, 4) is 0 Å². The minimum atomic E-state index is -0.402. The maximum absolute atomic E-state index is 10.6. The number of urea groups is 1. The first-order valence-corrected chi connectivity index (χ1v) is 4.26. The van der Waals surface area contributed by atoms with Crippen molar-refractivity contribution >= 4 is 17.4 Å². The van der Waals surface area contributed by atoms with Crippen LogP contribution in [0.4, 0.5) is 4.79 Å². The summed E-state index contributed by atoms with van der Waals surface area (Å²) in [7, 11) is 0. The highest BCUT2D eigenvalue weighted by Crippen LogP contribution is 2.06. The second-order valence-electron chi connectivity index (χ2n) is 2.18. The van der Waals surface area contributed by atoms with Crippen LogP contribution in [0.3, 0.4) is 0 Å². The van der Waals surface area contributed by atoms with Crippen LogP contribution in [0, 0.1) is 6.92 Å². The van der Waals surface area contributed by atoms with Crippen LogP contribution in [-0.4, -0.2) is 11.0 Å². The van der Waals surface area contributed by atoms with Crippen LogP contribution >= 0.6 is 11.3 Å². The van der Waals surface area contributed by atoms with Crippen LogP contribution in [-0.2, 0) is 6.54 Å². The lowest BCUT2D eigenvalue weighted by Gasteiger charge is -1.99. The fourth-order valence-electron chi connectivity index (χ4n) is 0.711. The minimum Gasteiger partial charge on any atom is -0.331 e. The number of amides is 2. The minimum absolute atomic E-state index is 0.402. The molecule has 0 aliphatic carbocycles. The number of hydrazine groups is 1. The number of nitrogens with two attached hydrogens (primary N) is 1. The van der Waals surface area contributed by atoms with E-state index in [1.54, 1.807) is 11.3 Å². The van der Waals surface area contributed by atoms with Crippen molar-refractivity contribution in [2.75, 3.05) is 0 Å². The Morgan fingerprint density at radius 3 is 3.08 bits per heavy atom. The third-order valence-corrected chi connectivity index (χ3v) is 2.05. The number of carbonyl (C=O) groups is 1. The normalized spacial score (nSPS) is 9.50. The fraction of sp³-hybridized carbons (Fsp3) is 0.333. The molecule has 5 nitrogen and oxygen atoms in total. The molecule has 1 rings (SSSR count). The van der Waals surface area contributed by atoms with Gasteiger partial charge in [0.1, 0.15) is 0 Å². The number of rotatable bonds is 2. The molecule has 0 unspecified atom stereocenters. The molecule has 66 valence electrons. The molecule has 0 fully saturated rings. The van der Waals surface area contributed by atoms with Crippen LogP contribution < -0.4 is 16.6 Å². The topological polar surface area (TPSA) is 80.0 Å². The molecule has 2 amide bonds. The molecule has 0 saturated carbocycles. The van der Waals surface area contributed by atoms with E-state index in [1.165, 1.54) is 0 Å². The number of hydrogen-bond acceptors (Lipinski definition) is 4. The SMILES string of the molecule is Cc1nc(CNC(=O)NN)cs1. The van der Waals surface area contributed by atoms with Crippen LogP contribution in [0.1, 0.15) is 10.7 Å². The zero-order valence-corrected chi connectivity index (χ0v) is 7.44. The van der Waals surface area contributed by atoms with Crippen LogP contribution in [0.5, 0.6) is 0 Å². The quantitative estimate of drug-likeness (QED) is 0.349. The monoisotopic (exact) mass is 186 g/mol. The second-order valence-corrected chi connectivity index (χ2v) is 3.25. The maximum atomic E-state index is 10.6. The Morgan fingerprint density at radius 1 is 1.83 bits per heavy atom. The molecule has 0 spiro atoms. The summed E-state index contributed by atoms with van der Waals surface area (Å²) in [6.07, 6.45) is 0. The van der Waals surface area contributed by atoms with Crippen LogP contribution in [0.25, 0.3) is 0 Å². The predicted octanol–water partition coefficient (Wildman–Crippen LogP) is 0.124.